The van der Waals surface area contributed by atoms with Gasteiger partial charge in [-0.05, 0) is 49.7 Å². The number of hydrogen-bond acceptors (Lipinski definition) is 7. The lowest BCUT2D eigenvalue weighted by atomic mass is 9.95. The Morgan fingerprint density at radius 3 is 2.66 bits per heavy atom. The average Bonchev–Trinajstić information content (AvgIpc) is 3.21. The standard InChI is InChI=1S/C23H21FN6OS/c1-12-20(23(31)29-17-7-8-18(26)15(9-17)10-25)21(14-3-5-16(24)6-4-14)30-22(27-12)19-11-32-13(2)28-19/h3-11,21,25H,26H2,1-2H3,(H,27,30)(H,29,31). The number of amidine groups is 1. The van der Waals surface area contributed by atoms with Crippen molar-refractivity contribution in [3.63, 3.8) is 0 Å². The molecule has 5 N–H and O–H groups in total. The van der Waals surface area contributed by atoms with Crippen molar-refractivity contribution in [2.24, 2.45) is 4.99 Å². The van der Waals surface area contributed by atoms with Crippen LogP contribution in [0.25, 0.3) is 0 Å². The first-order valence-electron chi connectivity index (χ1n) is 9.80. The molecule has 0 aliphatic carbocycles. The van der Waals surface area contributed by atoms with E-state index in [1.54, 1.807) is 37.3 Å². The Hall–Kier alpha value is -3.85. The Labute approximate surface area is 188 Å². The molecule has 0 saturated heterocycles. The van der Waals surface area contributed by atoms with Crippen molar-refractivity contribution >= 4 is 40.7 Å². The Balaban J connectivity index is 1.72. The predicted octanol–water partition coefficient (Wildman–Crippen LogP) is 4.17. The number of halogens is 1. The second-order valence-electron chi connectivity index (χ2n) is 7.29. The smallest absolute Gasteiger partial charge is 0.255 e. The van der Waals surface area contributed by atoms with Crippen LogP contribution >= 0.6 is 11.3 Å². The summed E-state index contributed by atoms with van der Waals surface area (Å²) in [6.07, 6.45) is 1.13. The van der Waals surface area contributed by atoms with Crippen molar-refractivity contribution in [1.29, 1.82) is 5.41 Å². The fourth-order valence-corrected chi connectivity index (χ4v) is 4.03. The summed E-state index contributed by atoms with van der Waals surface area (Å²) in [4.78, 5) is 22.6. The van der Waals surface area contributed by atoms with Crippen molar-refractivity contribution in [2.45, 2.75) is 19.9 Å². The van der Waals surface area contributed by atoms with Crippen molar-refractivity contribution < 1.29 is 9.18 Å². The van der Waals surface area contributed by atoms with Gasteiger partial charge < -0.3 is 21.8 Å². The molecule has 1 aliphatic rings. The van der Waals surface area contributed by atoms with Crippen LogP contribution in [-0.4, -0.2) is 22.9 Å². The number of carbonyl (C=O) groups is 1. The molecular weight excluding hydrogens is 427 g/mol. The van der Waals surface area contributed by atoms with E-state index in [9.17, 15) is 9.18 Å². The highest BCUT2D eigenvalue weighted by atomic mass is 32.1. The molecule has 162 valence electrons. The van der Waals surface area contributed by atoms with Crippen molar-refractivity contribution in [3.05, 3.63) is 86.8 Å². The minimum Gasteiger partial charge on any atom is -0.398 e. The van der Waals surface area contributed by atoms with Crippen LogP contribution in [0.3, 0.4) is 0 Å². The van der Waals surface area contributed by atoms with Gasteiger partial charge in [-0.25, -0.2) is 9.37 Å². The van der Waals surface area contributed by atoms with Crippen LogP contribution in [0, 0.1) is 18.2 Å². The summed E-state index contributed by atoms with van der Waals surface area (Å²) in [7, 11) is 0. The maximum absolute atomic E-state index is 13.5. The number of allylic oxidation sites excluding steroid dienone is 1. The summed E-state index contributed by atoms with van der Waals surface area (Å²) in [5.74, 6) is -0.173. The number of anilines is 2. The zero-order valence-electron chi connectivity index (χ0n) is 17.4. The largest absolute Gasteiger partial charge is 0.398 e. The molecule has 3 aromatic rings. The van der Waals surface area contributed by atoms with Gasteiger partial charge >= 0.3 is 0 Å². The molecule has 1 atom stereocenters. The molecule has 1 amide bonds. The molecule has 1 aromatic heterocycles. The number of nitrogens with one attached hydrogen (secondary N) is 3. The first kappa shape index (κ1) is 21.4. The summed E-state index contributed by atoms with van der Waals surface area (Å²) in [6.45, 7) is 3.71. The highest BCUT2D eigenvalue weighted by molar-refractivity contribution is 7.09. The predicted molar refractivity (Wildman–Crippen MR) is 126 cm³/mol. The molecule has 9 heteroatoms. The summed E-state index contributed by atoms with van der Waals surface area (Å²) in [6, 6.07) is 10.2. The van der Waals surface area contributed by atoms with E-state index in [4.69, 9.17) is 16.1 Å². The molecule has 0 radical (unpaired) electrons. The molecule has 2 aromatic carbocycles. The molecule has 2 heterocycles. The summed E-state index contributed by atoms with van der Waals surface area (Å²) in [5.41, 5.74) is 9.69. The number of aliphatic imine (C=N–C) groups is 1. The maximum atomic E-state index is 13.5. The molecule has 7 nitrogen and oxygen atoms in total. The van der Waals surface area contributed by atoms with Crippen LogP contribution < -0.4 is 16.4 Å². The van der Waals surface area contributed by atoms with Gasteiger partial charge in [-0.2, -0.15) is 0 Å². The number of nitrogens with two attached hydrogens (primary N) is 1. The fourth-order valence-electron chi connectivity index (χ4n) is 3.43. The van der Waals surface area contributed by atoms with E-state index in [1.807, 2.05) is 12.3 Å². The van der Waals surface area contributed by atoms with E-state index in [1.165, 1.54) is 23.5 Å². The lowest BCUT2D eigenvalue weighted by molar-refractivity contribution is -0.113. The maximum Gasteiger partial charge on any atom is 0.255 e. The van der Waals surface area contributed by atoms with Gasteiger partial charge in [0.1, 0.15) is 17.6 Å². The van der Waals surface area contributed by atoms with Gasteiger partial charge in [-0.1, -0.05) is 12.1 Å². The normalized spacial score (nSPS) is 15.7. The average molecular weight is 449 g/mol. The number of amides is 1. The van der Waals surface area contributed by atoms with E-state index in [2.05, 4.69) is 15.6 Å². The summed E-state index contributed by atoms with van der Waals surface area (Å²) < 4.78 is 13.5. The molecular formula is C23H21FN6OS. The van der Waals surface area contributed by atoms with E-state index >= 15 is 0 Å². The third kappa shape index (κ3) is 4.28. The third-order valence-electron chi connectivity index (χ3n) is 5.03. The highest BCUT2D eigenvalue weighted by Gasteiger charge is 2.30. The first-order valence-corrected chi connectivity index (χ1v) is 10.7. The monoisotopic (exact) mass is 448 g/mol. The second kappa shape index (κ2) is 8.72. The van der Waals surface area contributed by atoms with Crippen molar-refractivity contribution in [1.82, 2.24) is 10.3 Å². The number of hydrogen-bond donors (Lipinski definition) is 4. The number of aromatic nitrogens is 1. The zero-order chi connectivity index (χ0) is 22.8. The van der Waals surface area contributed by atoms with E-state index in [0.29, 0.717) is 45.3 Å². The number of rotatable bonds is 5. The molecule has 0 saturated carbocycles. The SMILES string of the molecule is CC1=C(C(=O)Nc2ccc(N)c(C=N)c2)C(c2ccc(F)cc2)N=C(c2csc(C)n2)N1. The second-order valence-corrected chi connectivity index (χ2v) is 8.35. The highest BCUT2D eigenvalue weighted by Crippen LogP contribution is 2.33. The first-order chi connectivity index (χ1) is 15.4. The molecule has 0 bridgehead atoms. The number of aryl methyl sites for hydroxylation is 1. The number of carbonyl (C=O) groups excluding carboxylic acids is 1. The minimum atomic E-state index is -0.648. The fraction of sp³-hybridized carbons (Fsp3) is 0.130. The van der Waals surface area contributed by atoms with E-state index in [0.717, 1.165) is 11.2 Å². The molecule has 0 fully saturated rings. The van der Waals surface area contributed by atoms with Crippen LogP contribution in [0.5, 0.6) is 0 Å². The summed E-state index contributed by atoms with van der Waals surface area (Å²) >= 11 is 1.51. The van der Waals surface area contributed by atoms with Crippen LogP contribution in [0.15, 0.2) is 64.1 Å². The molecule has 1 aliphatic heterocycles. The number of nitrogen functional groups attached to an aromatic ring is 1. The number of nitrogens with zero attached hydrogens (tertiary/aromatic N) is 2. The van der Waals surface area contributed by atoms with E-state index in [-0.39, 0.29) is 11.7 Å². The van der Waals surface area contributed by atoms with Crippen LogP contribution in [0.1, 0.15) is 34.8 Å². The Bertz CT molecular complexity index is 1260. The van der Waals surface area contributed by atoms with Crippen molar-refractivity contribution in [3.8, 4) is 0 Å². The van der Waals surface area contributed by atoms with Crippen molar-refractivity contribution in [2.75, 3.05) is 11.1 Å². The molecule has 0 spiro atoms. The van der Waals surface area contributed by atoms with Gasteiger partial charge in [0, 0.05) is 34.2 Å². The Morgan fingerprint density at radius 1 is 1.25 bits per heavy atom. The van der Waals surface area contributed by atoms with Gasteiger partial charge in [-0.15, -0.1) is 11.3 Å². The number of thiazole rings is 1. The van der Waals surface area contributed by atoms with Crippen LogP contribution in [0.4, 0.5) is 15.8 Å². The summed E-state index contributed by atoms with van der Waals surface area (Å²) in [5, 5.41) is 16.3. The molecule has 32 heavy (non-hydrogen) atoms. The van der Waals surface area contributed by atoms with E-state index < -0.39 is 6.04 Å². The minimum absolute atomic E-state index is 0.359. The van der Waals surface area contributed by atoms with Gasteiger partial charge in [0.2, 0.25) is 0 Å². The quantitative estimate of drug-likeness (QED) is 0.346. The zero-order valence-corrected chi connectivity index (χ0v) is 18.3. The van der Waals surface area contributed by atoms with Crippen LogP contribution in [0.2, 0.25) is 0 Å². The molecule has 1 unspecified atom stereocenters. The lowest BCUT2D eigenvalue weighted by Gasteiger charge is -2.26. The topological polar surface area (TPSA) is 116 Å². The van der Waals surface area contributed by atoms with Crippen LogP contribution in [-0.2, 0) is 4.79 Å². The van der Waals surface area contributed by atoms with Gasteiger partial charge in [0.25, 0.3) is 5.91 Å². The lowest BCUT2D eigenvalue weighted by Crippen LogP contribution is -2.34. The van der Waals surface area contributed by atoms with Gasteiger partial charge in [-0.3, -0.25) is 9.79 Å². The Morgan fingerprint density at radius 2 is 2.00 bits per heavy atom. The van der Waals surface area contributed by atoms with Gasteiger partial charge in [0.05, 0.1) is 10.6 Å². The number of benzene rings is 2. The Kier molecular flexibility index (Phi) is 5.83. The molecule has 4 rings (SSSR count). The third-order valence-corrected chi connectivity index (χ3v) is 5.81. The van der Waals surface area contributed by atoms with Gasteiger partial charge in [0.15, 0.2) is 5.84 Å².